The van der Waals surface area contributed by atoms with Crippen LogP contribution in [0.25, 0.3) is 0 Å². The average molecular weight is 179 g/mol. The summed E-state index contributed by atoms with van der Waals surface area (Å²) in [6, 6.07) is 0. The van der Waals surface area contributed by atoms with Gasteiger partial charge in [-0.3, -0.25) is 4.79 Å². The number of hydrogen-bond acceptors (Lipinski definition) is 1. The maximum atomic E-state index is 10.4. The molecule has 11 heavy (non-hydrogen) atoms. The van der Waals surface area contributed by atoms with Gasteiger partial charge in [0, 0.05) is 6.38 Å². The smallest absolute Gasteiger partial charge is 0.306 e. The molecule has 0 aromatic heterocycles. The summed E-state index contributed by atoms with van der Waals surface area (Å²) in [5.41, 5.74) is 0. The van der Waals surface area contributed by atoms with Crippen LogP contribution in [0.1, 0.15) is 32.1 Å². The molecular formula is C8H15ClO2. The van der Waals surface area contributed by atoms with Crippen molar-refractivity contribution in [3.05, 3.63) is 0 Å². The van der Waals surface area contributed by atoms with Crippen LogP contribution < -0.4 is 0 Å². The maximum Gasteiger partial charge on any atom is 0.306 e. The van der Waals surface area contributed by atoms with Crippen LogP contribution in [0.3, 0.4) is 0 Å². The molecule has 0 aliphatic heterocycles. The first-order chi connectivity index (χ1) is 5.30. The number of hydrogen-bond donors (Lipinski definition) is 1. The van der Waals surface area contributed by atoms with Gasteiger partial charge in [-0.15, -0.1) is 11.6 Å². The Labute approximate surface area is 72.6 Å². The van der Waals surface area contributed by atoms with Crippen molar-refractivity contribution in [2.45, 2.75) is 32.1 Å². The van der Waals surface area contributed by atoms with E-state index in [0.717, 1.165) is 25.7 Å². The summed E-state index contributed by atoms with van der Waals surface area (Å²) in [4.78, 5) is 10.4. The van der Waals surface area contributed by atoms with Crippen molar-refractivity contribution in [1.29, 1.82) is 0 Å². The number of halogens is 1. The topological polar surface area (TPSA) is 37.3 Å². The van der Waals surface area contributed by atoms with Crippen molar-refractivity contribution in [3.63, 3.8) is 0 Å². The van der Waals surface area contributed by atoms with Crippen LogP contribution >= 0.6 is 11.6 Å². The molecule has 1 aliphatic carbocycles. The molecule has 1 saturated carbocycles. The predicted octanol–water partition coefficient (Wildman–Crippen LogP) is 2.51. The molecule has 0 atom stereocenters. The lowest BCUT2D eigenvalue weighted by molar-refractivity contribution is -0.142. The Morgan fingerprint density at radius 1 is 1.27 bits per heavy atom. The Morgan fingerprint density at radius 2 is 1.73 bits per heavy atom. The fourth-order valence-electron chi connectivity index (χ4n) is 1.35. The van der Waals surface area contributed by atoms with Gasteiger partial charge in [0.15, 0.2) is 0 Å². The zero-order valence-electron chi connectivity index (χ0n) is 6.85. The molecule has 0 spiro atoms. The minimum absolute atomic E-state index is 0.0289. The van der Waals surface area contributed by atoms with Gasteiger partial charge >= 0.3 is 5.97 Å². The molecule has 0 aromatic carbocycles. The summed E-state index contributed by atoms with van der Waals surface area (Å²) in [6.45, 7) is 0. The van der Waals surface area contributed by atoms with E-state index in [1.165, 1.54) is 12.8 Å². The second-order valence-electron chi connectivity index (χ2n) is 2.67. The van der Waals surface area contributed by atoms with Gasteiger partial charge in [0.2, 0.25) is 0 Å². The summed E-state index contributed by atoms with van der Waals surface area (Å²) >= 11 is 4.64. The highest BCUT2D eigenvalue weighted by molar-refractivity contribution is 6.15. The molecule has 2 nitrogen and oxygen atoms in total. The van der Waals surface area contributed by atoms with Crippen LogP contribution in [-0.2, 0) is 4.79 Å². The predicted molar refractivity (Wildman–Crippen MR) is 46.0 cm³/mol. The van der Waals surface area contributed by atoms with Gasteiger partial charge in [-0.05, 0) is 12.8 Å². The number of carboxylic acids is 1. The molecule has 0 radical (unpaired) electrons. The molecule has 1 fully saturated rings. The van der Waals surface area contributed by atoms with Gasteiger partial charge in [0.1, 0.15) is 0 Å². The van der Waals surface area contributed by atoms with E-state index in [2.05, 4.69) is 11.6 Å². The molecule has 0 bridgehead atoms. The third kappa shape index (κ3) is 4.25. The summed E-state index contributed by atoms with van der Waals surface area (Å²) in [5.74, 6) is -0.631. The average Bonchev–Trinajstić information content (AvgIpc) is 2.10. The number of aliphatic carboxylic acids is 1. The first-order valence-corrected chi connectivity index (χ1v) is 4.67. The highest BCUT2D eigenvalue weighted by Gasteiger charge is 2.19. The Kier molecular flexibility index (Phi) is 6.33. The van der Waals surface area contributed by atoms with Gasteiger partial charge in [-0.2, -0.15) is 0 Å². The lowest BCUT2D eigenvalue weighted by Crippen LogP contribution is -2.16. The van der Waals surface area contributed by atoms with E-state index < -0.39 is 5.97 Å². The first kappa shape index (κ1) is 10.8. The van der Waals surface area contributed by atoms with Crippen LogP contribution in [0.4, 0.5) is 0 Å². The van der Waals surface area contributed by atoms with Gasteiger partial charge in [0.25, 0.3) is 0 Å². The molecule has 1 rings (SSSR count). The van der Waals surface area contributed by atoms with Crippen LogP contribution in [0.5, 0.6) is 0 Å². The largest absolute Gasteiger partial charge is 0.481 e. The zero-order chi connectivity index (χ0) is 8.69. The lowest BCUT2D eigenvalue weighted by atomic mass is 9.90. The Bertz CT molecular complexity index is 109. The fourth-order valence-corrected chi connectivity index (χ4v) is 1.35. The van der Waals surface area contributed by atoms with Gasteiger partial charge in [-0.25, -0.2) is 0 Å². The van der Waals surface area contributed by atoms with Gasteiger partial charge in [-0.1, -0.05) is 19.3 Å². The minimum Gasteiger partial charge on any atom is -0.481 e. The second kappa shape index (κ2) is 6.47. The van der Waals surface area contributed by atoms with Crippen LogP contribution in [-0.4, -0.2) is 17.5 Å². The first-order valence-electron chi connectivity index (χ1n) is 3.91. The van der Waals surface area contributed by atoms with E-state index in [-0.39, 0.29) is 5.92 Å². The normalized spacial score (nSPS) is 18.4. The Balaban J connectivity index is 0.000000461. The van der Waals surface area contributed by atoms with Crippen molar-refractivity contribution in [2.75, 3.05) is 6.38 Å². The van der Waals surface area contributed by atoms with Crippen LogP contribution in [0, 0.1) is 5.92 Å². The second-order valence-corrected chi connectivity index (χ2v) is 2.67. The van der Waals surface area contributed by atoms with Crippen LogP contribution in [0.2, 0.25) is 0 Å². The Morgan fingerprint density at radius 3 is 2.00 bits per heavy atom. The van der Waals surface area contributed by atoms with Gasteiger partial charge in [0.05, 0.1) is 5.92 Å². The molecule has 66 valence electrons. The molecule has 0 amide bonds. The molecule has 0 unspecified atom stereocenters. The molecule has 1 N–H and O–H groups in total. The van der Waals surface area contributed by atoms with E-state index in [1.807, 2.05) is 0 Å². The van der Waals surface area contributed by atoms with E-state index in [9.17, 15) is 4.79 Å². The molecule has 1 aliphatic rings. The molecule has 0 heterocycles. The standard InChI is InChI=1S/C7H12O2.CH3Cl/c8-7(9)6-4-2-1-3-5-6;1-2/h6H,1-5H2,(H,8,9);1H3. The van der Waals surface area contributed by atoms with E-state index in [0.29, 0.717) is 0 Å². The zero-order valence-corrected chi connectivity index (χ0v) is 7.60. The number of alkyl halides is 1. The van der Waals surface area contributed by atoms with E-state index in [4.69, 9.17) is 5.11 Å². The summed E-state index contributed by atoms with van der Waals surface area (Å²) in [5, 5.41) is 8.54. The number of carbonyl (C=O) groups is 1. The molecule has 3 heteroatoms. The molecule has 0 aromatic rings. The number of rotatable bonds is 1. The molecule has 0 saturated heterocycles. The van der Waals surface area contributed by atoms with Crippen molar-refractivity contribution < 1.29 is 9.90 Å². The quantitative estimate of drug-likeness (QED) is 0.627. The third-order valence-electron chi connectivity index (χ3n) is 1.95. The van der Waals surface area contributed by atoms with Crippen molar-refractivity contribution in [2.24, 2.45) is 5.92 Å². The van der Waals surface area contributed by atoms with Crippen molar-refractivity contribution in [3.8, 4) is 0 Å². The minimum atomic E-state index is -0.602. The Hall–Kier alpha value is -0.240. The maximum absolute atomic E-state index is 10.4. The lowest BCUT2D eigenvalue weighted by Gasteiger charge is -2.16. The summed E-state index contributed by atoms with van der Waals surface area (Å²) in [6.07, 6.45) is 6.71. The van der Waals surface area contributed by atoms with Crippen molar-refractivity contribution in [1.82, 2.24) is 0 Å². The fraction of sp³-hybridized carbons (Fsp3) is 0.875. The highest BCUT2D eigenvalue weighted by atomic mass is 35.5. The van der Waals surface area contributed by atoms with E-state index >= 15 is 0 Å². The monoisotopic (exact) mass is 178 g/mol. The van der Waals surface area contributed by atoms with E-state index in [1.54, 1.807) is 0 Å². The van der Waals surface area contributed by atoms with Crippen molar-refractivity contribution >= 4 is 17.6 Å². The van der Waals surface area contributed by atoms with Gasteiger partial charge < -0.3 is 5.11 Å². The summed E-state index contributed by atoms with van der Waals surface area (Å²) < 4.78 is 0. The summed E-state index contributed by atoms with van der Waals surface area (Å²) in [7, 11) is 0. The molecular weight excluding hydrogens is 164 g/mol. The SMILES string of the molecule is CCl.O=C(O)C1CCCCC1. The highest BCUT2D eigenvalue weighted by Crippen LogP contribution is 2.23. The van der Waals surface area contributed by atoms with Crippen LogP contribution in [0.15, 0.2) is 0 Å². The number of carboxylic acid groups (broad SMARTS) is 1. The third-order valence-corrected chi connectivity index (χ3v) is 1.95.